The Morgan fingerprint density at radius 2 is 1.76 bits per heavy atom. The molecule has 2 rings (SSSR count). The van der Waals surface area contributed by atoms with Crippen LogP contribution in [0, 0.1) is 0 Å². The van der Waals surface area contributed by atoms with Crippen LogP contribution >= 0.6 is 12.6 Å². The van der Waals surface area contributed by atoms with Crippen molar-refractivity contribution in [2.24, 2.45) is 0 Å². The fourth-order valence-electron chi connectivity index (χ4n) is 2.04. The molecule has 0 heterocycles. The number of ether oxygens (including phenoxy) is 1. The van der Waals surface area contributed by atoms with E-state index in [1.165, 1.54) is 0 Å². The normalized spacial score (nSPS) is 13.7. The number of hydrogen-bond donors (Lipinski definition) is 3. The van der Waals surface area contributed by atoms with E-state index in [1.807, 2.05) is 42.5 Å². The zero-order valence-corrected chi connectivity index (χ0v) is 12.6. The average Bonchev–Trinajstić information content (AvgIpc) is 2.54. The van der Waals surface area contributed by atoms with Gasteiger partial charge in [-0.2, -0.15) is 12.6 Å². The van der Waals surface area contributed by atoms with Crippen molar-refractivity contribution in [2.45, 2.75) is 25.2 Å². The topological polar surface area (TPSA) is 49.7 Å². The molecule has 2 aromatic rings. The summed E-state index contributed by atoms with van der Waals surface area (Å²) in [6.45, 7) is 0.472. The molecule has 2 aromatic carbocycles. The second-order valence-electron chi connectivity index (χ2n) is 4.87. The molecule has 0 aromatic heterocycles. The molecule has 2 unspecified atom stereocenters. The number of aliphatic hydroxyl groups is 2. The largest absolute Gasteiger partial charge is 0.489 e. The van der Waals surface area contributed by atoms with Crippen LogP contribution in [0.15, 0.2) is 54.6 Å². The van der Waals surface area contributed by atoms with E-state index in [9.17, 15) is 10.2 Å². The molecule has 0 saturated heterocycles. The van der Waals surface area contributed by atoms with E-state index < -0.39 is 12.2 Å². The lowest BCUT2D eigenvalue weighted by atomic mass is 10.0. The van der Waals surface area contributed by atoms with E-state index in [1.54, 1.807) is 12.1 Å². The molecule has 0 aliphatic carbocycles. The zero-order chi connectivity index (χ0) is 15.1. The Hall–Kier alpha value is -1.49. The SMILES string of the molecule is OC(CCS)C(O)c1cccc(OCc2ccccc2)c1. The summed E-state index contributed by atoms with van der Waals surface area (Å²) in [5, 5.41) is 19.9. The standard InChI is InChI=1S/C17H20O3S/c18-16(9-10-21)17(19)14-7-4-8-15(11-14)20-12-13-5-2-1-3-6-13/h1-8,11,16-19,21H,9-10,12H2. The molecule has 0 saturated carbocycles. The first-order valence-electron chi connectivity index (χ1n) is 6.94. The van der Waals surface area contributed by atoms with E-state index in [0.29, 0.717) is 30.1 Å². The summed E-state index contributed by atoms with van der Waals surface area (Å²) in [6, 6.07) is 17.1. The minimum Gasteiger partial charge on any atom is -0.489 e. The summed E-state index contributed by atoms with van der Waals surface area (Å²) in [6.07, 6.45) is -1.29. The van der Waals surface area contributed by atoms with Crippen LogP contribution in [0.2, 0.25) is 0 Å². The first-order valence-corrected chi connectivity index (χ1v) is 7.57. The summed E-state index contributed by atoms with van der Waals surface area (Å²) in [4.78, 5) is 0. The third-order valence-electron chi connectivity index (χ3n) is 3.24. The lowest BCUT2D eigenvalue weighted by Gasteiger charge is -2.18. The fourth-order valence-corrected chi connectivity index (χ4v) is 2.31. The molecule has 2 atom stereocenters. The van der Waals surface area contributed by atoms with Crippen molar-refractivity contribution in [1.29, 1.82) is 0 Å². The third kappa shape index (κ3) is 4.77. The highest BCUT2D eigenvalue weighted by Gasteiger charge is 2.17. The highest BCUT2D eigenvalue weighted by molar-refractivity contribution is 7.80. The third-order valence-corrected chi connectivity index (χ3v) is 3.50. The highest BCUT2D eigenvalue weighted by Crippen LogP contribution is 2.23. The Bertz CT molecular complexity index is 545. The van der Waals surface area contributed by atoms with Gasteiger partial charge in [0.2, 0.25) is 0 Å². The van der Waals surface area contributed by atoms with Crippen LogP contribution in [0.25, 0.3) is 0 Å². The van der Waals surface area contributed by atoms with Gasteiger partial charge in [-0.25, -0.2) is 0 Å². The minimum atomic E-state index is -0.919. The van der Waals surface area contributed by atoms with Crippen molar-refractivity contribution >= 4 is 12.6 Å². The second kappa shape index (κ2) is 8.08. The smallest absolute Gasteiger partial charge is 0.120 e. The molecule has 0 fully saturated rings. The molecule has 21 heavy (non-hydrogen) atoms. The van der Waals surface area contributed by atoms with Crippen molar-refractivity contribution < 1.29 is 14.9 Å². The maximum absolute atomic E-state index is 10.1. The van der Waals surface area contributed by atoms with Crippen LogP contribution in [0.4, 0.5) is 0 Å². The minimum absolute atomic E-state index is 0.444. The summed E-state index contributed by atoms with van der Waals surface area (Å²) in [5.41, 5.74) is 1.73. The van der Waals surface area contributed by atoms with Crippen LogP contribution in [-0.4, -0.2) is 22.1 Å². The van der Waals surface area contributed by atoms with Gasteiger partial charge < -0.3 is 14.9 Å². The summed E-state index contributed by atoms with van der Waals surface area (Å²) in [5.74, 6) is 1.20. The maximum atomic E-state index is 10.1. The van der Waals surface area contributed by atoms with Crippen molar-refractivity contribution in [3.8, 4) is 5.75 Å². The molecular weight excluding hydrogens is 284 g/mol. The fraction of sp³-hybridized carbons (Fsp3) is 0.294. The molecule has 4 heteroatoms. The van der Waals surface area contributed by atoms with Gasteiger partial charge in [0.25, 0.3) is 0 Å². The first kappa shape index (κ1) is 15.9. The Morgan fingerprint density at radius 1 is 1.00 bits per heavy atom. The first-order chi connectivity index (χ1) is 10.2. The van der Waals surface area contributed by atoms with Crippen LogP contribution in [-0.2, 0) is 6.61 Å². The molecule has 112 valence electrons. The van der Waals surface area contributed by atoms with Gasteiger partial charge in [0.05, 0.1) is 6.10 Å². The number of benzene rings is 2. The van der Waals surface area contributed by atoms with Gasteiger partial charge in [-0.3, -0.25) is 0 Å². The van der Waals surface area contributed by atoms with E-state index in [4.69, 9.17) is 4.74 Å². The van der Waals surface area contributed by atoms with Gasteiger partial charge in [-0.05, 0) is 35.4 Å². The van der Waals surface area contributed by atoms with Crippen LogP contribution < -0.4 is 4.74 Å². The molecule has 3 nitrogen and oxygen atoms in total. The molecule has 0 aliphatic rings. The van der Waals surface area contributed by atoms with Gasteiger partial charge in [-0.15, -0.1) is 0 Å². The quantitative estimate of drug-likeness (QED) is 0.689. The van der Waals surface area contributed by atoms with Crippen molar-refractivity contribution in [3.05, 3.63) is 65.7 Å². The number of aliphatic hydroxyl groups excluding tert-OH is 2. The zero-order valence-electron chi connectivity index (χ0n) is 11.7. The Balaban J connectivity index is 2.00. The molecule has 0 radical (unpaired) electrons. The second-order valence-corrected chi connectivity index (χ2v) is 5.32. The highest BCUT2D eigenvalue weighted by atomic mass is 32.1. The molecular formula is C17H20O3S. The van der Waals surface area contributed by atoms with Crippen LogP contribution in [0.5, 0.6) is 5.75 Å². The summed E-state index contributed by atoms with van der Waals surface area (Å²) in [7, 11) is 0. The van der Waals surface area contributed by atoms with Crippen molar-refractivity contribution in [1.82, 2.24) is 0 Å². The number of thiol groups is 1. The monoisotopic (exact) mass is 304 g/mol. The lowest BCUT2D eigenvalue weighted by Crippen LogP contribution is -2.18. The van der Waals surface area contributed by atoms with Crippen LogP contribution in [0.1, 0.15) is 23.7 Å². The predicted octanol–water partition coefficient (Wildman–Crippen LogP) is 2.98. The predicted molar refractivity (Wildman–Crippen MR) is 86.7 cm³/mol. The van der Waals surface area contributed by atoms with Gasteiger partial charge >= 0.3 is 0 Å². The van der Waals surface area contributed by atoms with Gasteiger partial charge in [0.15, 0.2) is 0 Å². The summed E-state index contributed by atoms with van der Waals surface area (Å²) < 4.78 is 5.71. The van der Waals surface area contributed by atoms with Crippen molar-refractivity contribution in [3.63, 3.8) is 0 Å². The van der Waals surface area contributed by atoms with E-state index in [-0.39, 0.29) is 0 Å². The van der Waals surface area contributed by atoms with E-state index in [2.05, 4.69) is 12.6 Å². The Morgan fingerprint density at radius 3 is 2.48 bits per heavy atom. The van der Waals surface area contributed by atoms with Crippen LogP contribution in [0.3, 0.4) is 0 Å². The van der Waals surface area contributed by atoms with Crippen molar-refractivity contribution in [2.75, 3.05) is 5.75 Å². The molecule has 2 N–H and O–H groups in total. The Kier molecular flexibility index (Phi) is 6.11. The molecule has 0 bridgehead atoms. The van der Waals surface area contributed by atoms with E-state index in [0.717, 1.165) is 5.56 Å². The molecule has 0 amide bonds. The maximum Gasteiger partial charge on any atom is 0.120 e. The number of rotatable bonds is 7. The molecule has 0 spiro atoms. The number of hydrogen-bond acceptors (Lipinski definition) is 4. The molecule has 0 aliphatic heterocycles. The van der Waals surface area contributed by atoms with E-state index >= 15 is 0 Å². The van der Waals surface area contributed by atoms with Gasteiger partial charge in [0, 0.05) is 0 Å². The average molecular weight is 304 g/mol. The lowest BCUT2D eigenvalue weighted by molar-refractivity contribution is 0.0171. The van der Waals surface area contributed by atoms with Gasteiger partial charge in [0.1, 0.15) is 18.5 Å². The Labute approximate surface area is 130 Å². The van der Waals surface area contributed by atoms with Gasteiger partial charge in [-0.1, -0.05) is 42.5 Å². The summed E-state index contributed by atoms with van der Waals surface area (Å²) >= 11 is 4.07.